The summed E-state index contributed by atoms with van der Waals surface area (Å²) in [7, 11) is 1.68. The zero-order chi connectivity index (χ0) is 11.5. The first-order chi connectivity index (χ1) is 7.77. The summed E-state index contributed by atoms with van der Waals surface area (Å²) in [5, 5.41) is 0. The highest BCUT2D eigenvalue weighted by molar-refractivity contribution is 5.57. The third-order valence-corrected chi connectivity index (χ3v) is 2.97. The molecule has 1 aromatic rings. The van der Waals surface area contributed by atoms with Gasteiger partial charge >= 0.3 is 0 Å². The van der Waals surface area contributed by atoms with Crippen LogP contribution in [0.2, 0.25) is 0 Å². The molecule has 2 rings (SSSR count). The quantitative estimate of drug-likeness (QED) is 0.729. The number of fused-ring (bicyclic) bond motifs is 1. The molecule has 1 aromatic carbocycles. The van der Waals surface area contributed by atoms with E-state index in [-0.39, 0.29) is 0 Å². The van der Waals surface area contributed by atoms with Gasteiger partial charge in [0.15, 0.2) is 0 Å². The molecule has 1 aliphatic rings. The van der Waals surface area contributed by atoms with Gasteiger partial charge in [-0.25, -0.2) is 0 Å². The molecule has 0 radical (unpaired) electrons. The monoisotopic (exact) mass is 220 g/mol. The average molecular weight is 220 g/mol. The van der Waals surface area contributed by atoms with E-state index in [4.69, 9.17) is 9.47 Å². The molecule has 0 fully saturated rings. The Labute approximate surface area is 95.4 Å². The maximum atomic E-state index is 10.5. The van der Waals surface area contributed by atoms with E-state index in [1.807, 2.05) is 13.0 Å². The Morgan fingerprint density at radius 1 is 1.56 bits per heavy atom. The number of hydrogen-bond donors (Lipinski definition) is 0. The van der Waals surface area contributed by atoms with Crippen LogP contribution in [0.15, 0.2) is 6.07 Å². The molecule has 0 aromatic heterocycles. The number of carbonyl (C=O) groups excluding carboxylic acids is 1. The molecule has 3 nitrogen and oxygen atoms in total. The molecule has 0 atom stereocenters. The fraction of sp³-hybridized carbons (Fsp3) is 0.462. The highest BCUT2D eigenvalue weighted by atomic mass is 16.5. The fourth-order valence-electron chi connectivity index (χ4n) is 2.29. The van der Waals surface area contributed by atoms with E-state index in [0.717, 1.165) is 48.4 Å². The zero-order valence-corrected chi connectivity index (χ0v) is 9.71. The van der Waals surface area contributed by atoms with Crippen LogP contribution in [-0.2, 0) is 17.6 Å². The third kappa shape index (κ3) is 1.77. The molecular formula is C13H16O3. The predicted octanol–water partition coefficient (Wildman–Crippen LogP) is 2.07. The van der Waals surface area contributed by atoms with Crippen molar-refractivity contribution in [1.82, 2.24) is 0 Å². The molecule has 0 N–H and O–H groups in total. The Kier molecular flexibility index (Phi) is 3.13. The molecule has 0 bridgehead atoms. The molecule has 3 heteroatoms. The van der Waals surface area contributed by atoms with Crippen LogP contribution in [0, 0.1) is 6.92 Å². The van der Waals surface area contributed by atoms with Crippen molar-refractivity contribution in [2.45, 2.75) is 26.2 Å². The summed E-state index contributed by atoms with van der Waals surface area (Å²) >= 11 is 0. The van der Waals surface area contributed by atoms with Crippen molar-refractivity contribution in [3.8, 4) is 11.5 Å². The highest BCUT2D eigenvalue weighted by Crippen LogP contribution is 2.37. The molecule has 0 spiro atoms. The van der Waals surface area contributed by atoms with E-state index in [0.29, 0.717) is 6.42 Å². The van der Waals surface area contributed by atoms with Crippen LogP contribution in [0.25, 0.3) is 0 Å². The van der Waals surface area contributed by atoms with Crippen LogP contribution in [-0.4, -0.2) is 20.0 Å². The van der Waals surface area contributed by atoms with Crippen molar-refractivity contribution in [1.29, 1.82) is 0 Å². The molecule has 86 valence electrons. The summed E-state index contributed by atoms with van der Waals surface area (Å²) in [4.78, 5) is 10.5. The Morgan fingerprint density at radius 3 is 3.06 bits per heavy atom. The van der Waals surface area contributed by atoms with Crippen molar-refractivity contribution < 1.29 is 14.3 Å². The maximum absolute atomic E-state index is 10.5. The van der Waals surface area contributed by atoms with Gasteiger partial charge in [0.25, 0.3) is 0 Å². The smallest absolute Gasteiger partial charge is 0.125 e. The standard InChI is InChI=1S/C13H16O3/c1-9-8-12-10(5-7-16-12)11(4-3-6-14)13(9)15-2/h6,8H,3-5,7H2,1-2H3. The number of benzene rings is 1. The first kappa shape index (κ1) is 11.0. The molecule has 16 heavy (non-hydrogen) atoms. The van der Waals surface area contributed by atoms with Gasteiger partial charge in [0, 0.05) is 24.0 Å². The fourth-order valence-corrected chi connectivity index (χ4v) is 2.29. The molecule has 1 aliphatic heterocycles. The van der Waals surface area contributed by atoms with Crippen LogP contribution >= 0.6 is 0 Å². The van der Waals surface area contributed by atoms with Crippen molar-refractivity contribution in [2.24, 2.45) is 0 Å². The first-order valence-corrected chi connectivity index (χ1v) is 5.53. The lowest BCUT2D eigenvalue weighted by Crippen LogP contribution is -2.00. The summed E-state index contributed by atoms with van der Waals surface area (Å²) < 4.78 is 11.0. The largest absolute Gasteiger partial charge is 0.496 e. The van der Waals surface area contributed by atoms with Gasteiger partial charge in [0.1, 0.15) is 17.8 Å². The summed E-state index contributed by atoms with van der Waals surface area (Å²) in [6.45, 7) is 2.74. The normalized spacial score (nSPS) is 13.1. The molecule has 0 unspecified atom stereocenters. The van der Waals surface area contributed by atoms with E-state index in [2.05, 4.69) is 0 Å². The van der Waals surface area contributed by atoms with E-state index < -0.39 is 0 Å². The van der Waals surface area contributed by atoms with Crippen molar-refractivity contribution >= 4 is 6.29 Å². The van der Waals surface area contributed by atoms with Gasteiger partial charge < -0.3 is 14.3 Å². The lowest BCUT2D eigenvalue weighted by Gasteiger charge is -2.14. The SMILES string of the molecule is COc1c(C)cc2c(c1CCC=O)CCO2. The minimum atomic E-state index is 0.534. The van der Waals surface area contributed by atoms with Crippen LogP contribution in [0.4, 0.5) is 0 Å². The van der Waals surface area contributed by atoms with Gasteiger partial charge in [-0.3, -0.25) is 0 Å². The molecule has 0 amide bonds. The summed E-state index contributed by atoms with van der Waals surface area (Å²) in [6.07, 6.45) is 3.14. The first-order valence-electron chi connectivity index (χ1n) is 5.53. The van der Waals surface area contributed by atoms with Crippen molar-refractivity contribution in [3.63, 3.8) is 0 Å². The number of aryl methyl sites for hydroxylation is 1. The number of aldehydes is 1. The van der Waals surface area contributed by atoms with Crippen molar-refractivity contribution in [2.75, 3.05) is 13.7 Å². The Hall–Kier alpha value is -1.51. The molecular weight excluding hydrogens is 204 g/mol. The summed E-state index contributed by atoms with van der Waals surface area (Å²) in [5.41, 5.74) is 3.43. The molecule has 1 heterocycles. The Bertz CT molecular complexity index is 406. The topological polar surface area (TPSA) is 35.5 Å². The van der Waals surface area contributed by atoms with Crippen LogP contribution < -0.4 is 9.47 Å². The predicted molar refractivity (Wildman–Crippen MR) is 61.3 cm³/mol. The number of carbonyl (C=O) groups is 1. The van der Waals surface area contributed by atoms with Gasteiger partial charge in [-0.1, -0.05) is 0 Å². The number of methoxy groups -OCH3 is 1. The van der Waals surface area contributed by atoms with Crippen molar-refractivity contribution in [3.05, 3.63) is 22.8 Å². The second-order valence-electron chi connectivity index (χ2n) is 3.99. The minimum absolute atomic E-state index is 0.534. The molecule has 0 aliphatic carbocycles. The Balaban J connectivity index is 2.48. The lowest BCUT2D eigenvalue weighted by molar-refractivity contribution is -0.107. The summed E-state index contributed by atoms with van der Waals surface area (Å²) in [6, 6.07) is 2.02. The van der Waals surface area contributed by atoms with Crippen LogP contribution in [0.3, 0.4) is 0 Å². The number of hydrogen-bond acceptors (Lipinski definition) is 3. The number of rotatable bonds is 4. The van der Waals surface area contributed by atoms with Gasteiger partial charge in [-0.05, 0) is 25.0 Å². The minimum Gasteiger partial charge on any atom is -0.496 e. The second-order valence-corrected chi connectivity index (χ2v) is 3.99. The maximum Gasteiger partial charge on any atom is 0.125 e. The lowest BCUT2D eigenvalue weighted by atomic mass is 9.97. The highest BCUT2D eigenvalue weighted by Gasteiger charge is 2.21. The van der Waals surface area contributed by atoms with E-state index in [1.54, 1.807) is 7.11 Å². The summed E-state index contributed by atoms with van der Waals surface area (Å²) in [5.74, 6) is 1.87. The molecule has 0 saturated carbocycles. The third-order valence-electron chi connectivity index (χ3n) is 2.97. The van der Waals surface area contributed by atoms with Gasteiger partial charge in [0.2, 0.25) is 0 Å². The molecule has 0 saturated heterocycles. The zero-order valence-electron chi connectivity index (χ0n) is 9.71. The van der Waals surface area contributed by atoms with E-state index >= 15 is 0 Å². The van der Waals surface area contributed by atoms with Crippen LogP contribution in [0.5, 0.6) is 11.5 Å². The van der Waals surface area contributed by atoms with E-state index in [1.165, 1.54) is 5.56 Å². The number of ether oxygens (including phenoxy) is 2. The van der Waals surface area contributed by atoms with Gasteiger partial charge in [-0.15, -0.1) is 0 Å². The van der Waals surface area contributed by atoms with Gasteiger partial charge in [-0.2, -0.15) is 0 Å². The second kappa shape index (κ2) is 4.56. The average Bonchev–Trinajstić information content (AvgIpc) is 2.72. The van der Waals surface area contributed by atoms with Crippen LogP contribution in [0.1, 0.15) is 23.1 Å². The van der Waals surface area contributed by atoms with E-state index in [9.17, 15) is 4.79 Å². The van der Waals surface area contributed by atoms with Gasteiger partial charge in [0.05, 0.1) is 13.7 Å². The Morgan fingerprint density at radius 2 is 2.38 bits per heavy atom.